The number of morpholine rings is 1. The summed E-state index contributed by atoms with van der Waals surface area (Å²) in [6.45, 7) is 4.19. The first-order valence-electron chi connectivity index (χ1n) is 7.72. The highest BCUT2D eigenvalue weighted by Crippen LogP contribution is 2.15. The molecule has 1 aromatic carbocycles. The number of benzene rings is 1. The quantitative estimate of drug-likeness (QED) is 0.746. The van der Waals surface area contributed by atoms with E-state index < -0.39 is 0 Å². The molecule has 2 N–H and O–H groups in total. The molecule has 0 aliphatic carbocycles. The minimum absolute atomic E-state index is 0.0292. The summed E-state index contributed by atoms with van der Waals surface area (Å²) in [5.74, 6) is -0.419. The van der Waals surface area contributed by atoms with Crippen molar-refractivity contribution in [1.29, 1.82) is 0 Å². The minimum atomic E-state index is -0.349. The molecule has 2 rings (SSSR count). The number of hydrogen-bond donors (Lipinski definition) is 1. The lowest BCUT2D eigenvalue weighted by molar-refractivity contribution is -0.119. The fraction of sp³-hybridized carbons (Fsp3) is 0.562. The second-order valence-electron chi connectivity index (χ2n) is 5.74. The second-order valence-corrected chi connectivity index (χ2v) is 5.74. The van der Waals surface area contributed by atoms with Crippen molar-refractivity contribution >= 4 is 5.91 Å². The molecule has 1 heterocycles. The maximum absolute atomic E-state index is 13.5. The summed E-state index contributed by atoms with van der Waals surface area (Å²) in [4.78, 5) is 15.0. The first-order chi connectivity index (χ1) is 11.0. The van der Waals surface area contributed by atoms with Gasteiger partial charge in [-0.1, -0.05) is 12.1 Å². The number of carbonyl (C=O) groups is 1. The van der Waals surface area contributed by atoms with Gasteiger partial charge in [0.2, 0.25) is 5.91 Å². The predicted octanol–water partition coefficient (Wildman–Crippen LogP) is 0.322. The molecule has 6 nitrogen and oxygen atoms in total. The smallest absolute Gasteiger partial charge is 0.231 e. The van der Waals surface area contributed by atoms with E-state index in [4.69, 9.17) is 15.2 Å². The highest BCUT2D eigenvalue weighted by Gasteiger charge is 2.22. The predicted molar refractivity (Wildman–Crippen MR) is 84.8 cm³/mol. The van der Waals surface area contributed by atoms with Crippen LogP contribution in [0.5, 0.6) is 5.75 Å². The summed E-state index contributed by atoms with van der Waals surface area (Å²) in [7, 11) is 1.84. The average Bonchev–Trinajstić information content (AvgIpc) is 2.49. The average molecular weight is 325 g/mol. The van der Waals surface area contributed by atoms with E-state index in [-0.39, 0.29) is 30.1 Å². The molecular formula is C16H24FN3O3. The number of rotatable bonds is 8. The fourth-order valence-electron chi connectivity index (χ4n) is 2.62. The molecule has 23 heavy (non-hydrogen) atoms. The molecule has 128 valence electrons. The zero-order chi connectivity index (χ0) is 16.7. The largest absolute Gasteiger partial charge is 0.489 e. The molecular weight excluding hydrogens is 301 g/mol. The Labute approximate surface area is 135 Å². The second kappa shape index (κ2) is 8.81. The lowest BCUT2D eigenvalue weighted by Crippen LogP contribution is -2.48. The summed E-state index contributed by atoms with van der Waals surface area (Å²) >= 11 is 0. The van der Waals surface area contributed by atoms with Crippen LogP contribution in [0, 0.1) is 5.82 Å². The first kappa shape index (κ1) is 17.7. The molecule has 0 radical (unpaired) electrons. The van der Waals surface area contributed by atoms with Crippen LogP contribution in [0.4, 0.5) is 4.39 Å². The number of ether oxygens (including phenoxy) is 2. The van der Waals surface area contributed by atoms with Crippen molar-refractivity contribution in [1.82, 2.24) is 9.80 Å². The SMILES string of the molecule is CN(CC(N)=O)CC1CN(CCOc2ccccc2F)CCO1. The molecule has 1 unspecified atom stereocenters. The number of amides is 1. The normalized spacial score (nSPS) is 19.0. The Hall–Kier alpha value is -1.70. The van der Waals surface area contributed by atoms with Crippen LogP contribution >= 0.6 is 0 Å². The third-order valence-electron chi connectivity index (χ3n) is 3.67. The van der Waals surface area contributed by atoms with Gasteiger partial charge in [0, 0.05) is 26.2 Å². The van der Waals surface area contributed by atoms with Crippen LogP contribution in [0.2, 0.25) is 0 Å². The van der Waals surface area contributed by atoms with Crippen molar-refractivity contribution in [2.24, 2.45) is 5.73 Å². The van der Waals surface area contributed by atoms with Crippen molar-refractivity contribution in [3.8, 4) is 5.75 Å². The van der Waals surface area contributed by atoms with Gasteiger partial charge in [-0.05, 0) is 19.2 Å². The van der Waals surface area contributed by atoms with Gasteiger partial charge in [0.15, 0.2) is 11.6 Å². The molecule has 1 atom stereocenters. The van der Waals surface area contributed by atoms with Crippen LogP contribution in [0.1, 0.15) is 0 Å². The molecule has 1 fully saturated rings. The van der Waals surface area contributed by atoms with E-state index >= 15 is 0 Å². The Bertz CT molecular complexity index is 515. The molecule has 7 heteroatoms. The summed E-state index contributed by atoms with van der Waals surface area (Å²) in [6.07, 6.45) is 0.0292. The van der Waals surface area contributed by atoms with Crippen LogP contribution in [-0.2, 0) is 9.53 Å². The monoisotopic (exact) mass is 325 g/mol. The van der Waals surface area contributed by atoms with Crippen LogP contribution in [0.15, 0.2) is 24.3 Å². The fourth-order valence-corrected chi connectivity index (χ4v) is 2.62. The van der Waals surface area contributed by atoms with Crippen LogP contribution in [0.25, 0.3) is 0 Å². The summed E-state index contributed by atoms with van der Waals surface area (Å²) in [6, 6.07) is 6.39. The Morgan fingerprint density at radius 2 is 2.30 bits per heavy atom. The summed E-state index contributed by atoms with van der Waals surface area (Å²) in [5, 5.41) is 0. The molecule has 1 aliphatic rings. The molecule has 1 saturated heterocycles. The number of nitrogens with two attached hydrogens (primary N) is 1. The lowest BCUT2D eigenvalue weighted by Gasteiger charge is -2.34. The van der Waals surface area contributed by atoms with Gasteiger partial charge in [0.05, 0.1) is 19.3 Å². The summed E-state index contributed by atoms with van der Waals surface area (Å²) in [5.41, 5.74) is 5.18. The van der Waals surface area contributed by atoms with Gasteiger partial charge < -0.3 is 15.2 Å². The van der Waals surface area contributed by atoms with Crippen molar-refractivity contribution in [2.45, 2.75) is 6.10 Å². The van der Waals surface area contributed by atoms with E-state index in [0.29, 0.717) is 26.3 Å². The van der Waals surface area contributed by atoms with Gasteiger partial charge in [-0.3, -0.25) is 14.6 Å². The maximum Gasteiger partial charge on any atom is 0.231 e. The van der Waals surface area contributed by atoms with E-state index in [2.05, 4.69) is 4.90 Å². The molecule has 1 amide bonds. The van der Waals surface area contributed by atoms with Crippen molar-refractivity contribution in [3.05, 3.63) is 30.1 Å². The van der Waals surface area contributed by atoms with E-state index in [1.165, 1.54) is 6.07 Å². The van der Waals surface area contributed by atoms with Crippen LogP contribution in [0.3, 0.4) is 0 Å². The third kappa shape index (κ3) is 6.13. The van der Waals surface area contributed by atoms with E-state index in [9.17, 15) is 9.18 Å². The number of nitrogens with zero attached hydrogens (tertiary/aromatic N) is 2. The molecule has 1 aliphatic heterocycles. The first-order valence-corrected chi connectivity index (χ1v) is 7.72. The Morgan fingerprint density at radius 3 is 3.04 bits per heavy atom. The topological polar surface area (TPSA) is 68.0 Å². The zero-order valence-electron chi connectivity index (χ0n) is 13.4. The highest BCUT2D eigenvalue weighted by molar-refractivity contribution is 5.75. The van der Waals surface area contributed by atoms with Crippen LogP contribution in [-0.4, -0.2) is 74.8 Å². The van der Waals surface area contributed by atoms with E-state index in [1.54, 1.807) is 18.2 Å². The Morgan fingerprint density at radius 1 is 1.52 bits per heavy atom. The maximum atomic E-state index is 13.5. The molecule has 1 aromatic rings. The molecule has 0 saturated carbocycles. The standard InChI is InChI=1S/C16H24FN3O3/c1-19(12-16(18)21)10-13-11-20(6-8-22-13)7-9-23-15-5-3-2-4-14(15)17/h2-5,13H,6-12H2,1H3,(H2,18,21). The zero-order valence-corrected chi connectivity index (χ0v) is 13.4. The minimum Gasteiger partial charge on any atom is -0.489 e. The van der Waals surface area contributed by atoms with Gasteiger partial charge in [0.1, 0.15) is 6.61 Å². The van der Waals surface area contributed by atoms with E-state index in [0.717, 1.165) is 13.1 Å². The van der Waals surface area contributed by atoms with Gasteiger partial charge in [0.25, 0.3) is 0 Å². The van der Waals surface area contributed by atoms with Crippen LogP contribution < -0.4 is 10.5 Å². The van der Waals surface area contributed by atoms with Crippen molar-refractivity contribution < 1.29 is 18.7 Å². The number of para-hydroxylation sites is 1. The van der Waals surface area contributed by atoms with Crippen molar-refractivity contribution in [3.63, 3.8) is 0 Å². The summed E-state index contributed by atoms with van der Waals surface area (Å²) < 4.78 is 24.7. The Balaban J connectivity index is 1.71. The van der Waals surface area contributed by atoms with Gasteiger partial charge >= 0.3 is 0 Å². The Kier molecular flexibility index (Phi) is 6.76. The van der Waals surface area contributed by atoms with Crippen molar-refractivity contribution in [2.75, 3.05) is 53.0 Å². The number of carbonyl (C=O) groups excluding carboxylic acids is 1. The molecule has 0 spiro atoms. The number of likely N-dealkylation sites (N-methyl/N-ethyl adjacent to an activating group) is 1. The third-order valence-corrected chi connectivity index (χ3v) is 3.67. The highest BCUT2D eigenvalue weighted by atomic mass is 19.1. The van der Waals surface area contributed by atoms with Gasteiger partial charge in [-0.15, -0.1) is 0 Å². The number of halogens is 1. The number of primary amides is 1. The molecule has 0 bridgehead atoms. The van der Waals surface area contributed by atoms with Gasteiger partial charge in [-0.2, -0.15) is 0 Å². The molecule has 0 aromatic heterocycles. The lowest BCUT2D eigenvalue weighted by atomic mass is 10.2. The number of hydrogen-bond acceptors (Lipinski definition) is 5. The van der Waals surface area contributed by atoms with Gasteiger partial charge in [-0.25, -0.2) is 4.39 Å². The van der Waals surface area contributed by atoms with E-state index in [1.807, 2.05) is 11.9 Å².